The van der Waals surface area contributed by atoms with Gasteiger partial charge in [-0.1, -0.05) is 38.1 Å². The van der Waals surface area contributed by atoms with E-state index in [1.54, 1.807) is 6.07 Å². The first-order valence-electron chi connectivity index (χ1n) is 6.07. The van der Waals surface area contributed by atoms with Crippen molar-refractivity contribution in [2.24, 2.45) is 5.92 Å². The molecule has 0 aliphatic rings. The molecule has 1 atom stereocenters. The van der Waals surface area contributed by atoms with Crippen LogP contribution in [0.15, 0.2) is 24.3 Å². The first-order valence-corrected chi connectivity index (χ1v) is 6.07. The largest absolute Gasteiger partial charge is 0.488 e. The van der Waals surface area contributed by atoms with E-state index in [9.17, 15) is 10.0 Å². The molecule has 0 radical (unpaired) electrons. The molecule has 0 spiro atoms. The van der Waals surface area contributed by atoms with Gasteiger partial charge in [-0.15, -0.1) is 0 Å². The van der Waals surface area contributed by atoms with Crippen LogP contribution >= 0.6 is 0 Å². The summed E-state index contributed by atoms with van der Waals surface area (Å²) in [4.78, 5) is 2.23. The fourth-order valence-corrected chi connectivity index (χ4v) is 1.85. The summed E-state index contributed by atoms with van der Waals surface area (Å²) in [5, 5.41) is 18.6. The molecule has 0 saturated carbocycles. The van der Waals surface area contributed by atoms with Gasteiger partial charge in [-0.2, -0.15) is 0 Å². The highest BCUT2D eigenvalue weighted by molar-refractivity contribution is 6.59. The van der Waals surface area contributed by atoms with Crippen LogP contribution in [-0.2, 0) is 6.54 Å². The average molecular weight is 235 g/mol. The molecule has 2 N–H and O–H groups in total. The van der Waals surface area contributed by atoms with Gasteiger partial charge in [0.05, 0.1) is 0 Å². The number of hydrogen-bond donors (Lipinski definition) is 2. The van der Waals surface area contributed by atoms with Gasteiger partial charge in [-0.25, -0.2) is 0 Å². The lowest BCUT2D eigenvalue weighted by atomic mass is 9.77. The number of hydrogen-bond acceptors (Lipinski definition) is 3. The van der Waals surface area contributed by atoms with Crippen molar-refractivity contribution in [3.63, 3.8) is 0 Å². The van der Waals surface area contributed by atoms with Crippen LogP contribution in [0.1, 0.15) is 26.3 Å². The van der Waals surface area contributed by atoms with Gasteiger partial charge in [-0.05, 0) is 30.9 Å². The first kappa shape index (κ1) is 14.2. The Balaban J connectivity index is 2.81. The Labute approximate surface area is 104 Å². The topological polar surface area (TPSA) is 43.7 Å². The van der Waals surface area contributed by atoms with Gasteiger partial charge in [0, 0.05) is 12.6 Å². The van der Waals surface area contributed by atoms with E-state index in [0.29, 0.717) is 17.4 Å². The van der Waals surface area contributed by atoms with Crippen LogP contribution in [0.2, 0.25) is 0 Å². The van der Waals surface area contributed by atoms with E-state index < -0.39 is 7.12 Å². The van der Waals surface area contributed by atoms with Gasteiger partial charge in [-0.3, -0.25) is 4.90 Å². The Kier molecular flexibility index (Phi) is 5.18. The number of nitrogens with zero attached hydrogens (tertiary/aromatic N) is 1. The van der Waals surface area contributed by atoms with Crippen molar-refractivity contribution in [3.8, 4) is 0 Å². The smallest absolute Gasteiger partial charge is 0.423 e. The molecule has 0 bridgehead atoms. The lowest BCUT2D eigenvalue weighted by Crippen LogP contribution is -2.38. The SMILES string of the molecule is CC(C)C(C)N(C)Cc1ccccc1B(O)O. The third kappa shape index (κ3) is 3.84. The lowest BCUT2D eigenvalue weighted by molar-refractivity contribution is 0.201. The first-order chi connectivity index (χ1) is 7.93. The standard InChI is InChI=1S/C13H22BNO2/c1-10(2)11(3)15(4)9-12-7-5-6-8-13(12)14(16)17/h5-8,10-11,16-17H,9H2,1-4H3. The van der Waals surface area contributed by atoms with Crippen molar-refractivity contribution in [1.82, 2.24) is 4.90 Å². The molecule has 1 aromatic carbocycles. The zero-order valence-corrected chi connectivity index (χ0v) is 11.1. The van der Waals surface area contributed by atoms with E-state index in [4.69, 9.17) is 0 Å². The molecule has 3 nitrogen and oxygen atoms in total. The molecule has 0 aliphatic carbocycles. The van der Waals surface area contributed by atoms with Crippen molar-refractivity contribution in [3.05, 3.63) is 29.8 Å². The summed E-state index contributed by atoms with van der Waals surface area (Å²) >= 11 is 0. The Hall–Kier alpha value is -0.835. The second kappa shape index (κ2) is 6.19. The van der Waals surface area contributed by atoms with Gasteiger partial charge in [0.25, 0.3) is 0 Å². The van der Waals surface area contributed by atoms with E-state index in [1.807, 2.05) is 18.2 Å². The van der Waals surface area contributed by atoms with Crippen LogP contribution in [0.25, 0.3) is 0 Å². The Morgan fingerprint density at radius 2 is 1.76 bits per heavy atom. The minimum absolute atomic E-state index is 0.457. The average Bonchev–Trinajstić information content (AvgIpc) is 2.28. The molecule has 1 rings (SSSR count). The summed E-state index contributed by atoms with van der Waals surface area (Å²) in [6.07, 6.45) is 0. The van der Waals surface area contributed by atoms with Crippen LogP contribution in [0, 0.1) is 5.92 Å². The van der Waals surface area contributed by atoms with Gasteiger partial charge in [0.2, 0.25) is 0 Å². The number of rotatable bonds is 5. The summed E-state index contributed by atoms with van der Waals surface area (Å²) < 4.78 is 0. The highest BCUT2D eigenvalue weighted by Gasteiger charge is 2.18. The van der Waals surface area contributed by atoms with Crippen molar-refractivity contribution in [2.75, 3.05) is 7.05 Å². The predicted octanol–water partition coefficient (Wildman–Crippen LogP) is 0.843. The van der Waals surface area contributed by atoms with Gasteiger partial charge in [0.15, 0.2) is 0 Å². The fourth-order valence-electron chi connectivity index (χ4n) is 1.85. The molecule has 17 heavy (non-hydrogen) atoms. The van der Waals surface area contributed by atoms with Crippen LogP contribution in [0.5, 0.6) is 0 Å². The van der Waals surface area contributed by atoms with Crippen molar-refractivity contribution < 1.29 is 10.0 Å². The van der Waals surface area contributed by atoms with E-state index in [1.165, 1.54) is 0 Å². The third-order valence-electron chi connectivity index (χ3n) is 3.41. The Bertz CT molecular complexity index is 355. The van der Waals surface area contributed by atoms with Crippen LogP contribution < -0.4 is 5.46 Å². The lowest BCUT2D eigenvalue weighted by Gasteiger charge is -2.28. The summed E-state index contributed by atoms with van der Waals surface area (Å²) in [5.41, 5.74) is 1.56. The number of benzene rings is 1. The van der Waals surface area contributed by atoms with Gasteiger partial charge >= 0.3 is 7.12 Å². The predicted molar refractivity (Wildman–Crippen MR) is 72.0 cm³/mol. The zero-order valence-electron chi connectivity index (χ0n) is 11.1. The molecule has 94 valence electrons. The maximum Gasteiger partial charge on any atom is 0.488 e. The highest BCUT2D eigenvalue weighted by Crippen LogP contribution is 2.11. The van der Waals surface area contributed by atoms with E-state index in [-0.39, 0.29) is 0 Å². The molecular formula is C13H22BNO2. The summed E-state index contributed by atoms with van der Waals surface area (Å²) in [6.45, 7) is 7.29. The van der Waals surface area contributed by atoms with E-state index in [0.717, 1.165) is 12.1 Å². The zero-order chi connectivity index (χ0) is 13.0. The normalized spacial score (nSPS) is 13.2. The van der Waals surface area contributed by atoms with Crippen molar-refractivity contribution in [2.45, 2.75) is 33.4 Å². The van der Waals surface area contributed by atoms with Gasteiger partial charge in [0.1, 0.15) is 0 Å². The second-order valence-electron chi connectivity index (χ2n) is 4.97. The van der Waals surface area contributed by atoms with Crippen LogP contribution in [0.3, 0.4) is 0 Å². The van der Waals surface area contributed by atoms with E-state index in [2.05, 4.69) is 32.7 Å². The Morgan fingerprint density at radius 1 is 1.18 bits per heavy atom. The molecule has 4 heteroatoms. The maximum atomic E-state index is 9.30. The quantitative estimate of drug-likeness (QED) is 0.743. The summed E-state index contributed by atoms with van der Waals surface area (Å²) in [6, 6.07) is 7.91. The molecule has 0 saturated heterocycles. The highest BCUT2D eigenvalue weighted by atomic mass is 16.4. The van der Waals surface area contributed by atoms with Crippen LogP contribution in [0.4, 0.5) is 0 Å². The Morgan fingerprint density at radius 3 is 2.29 bits per heavy atom. The molecule has 1 unspecified atom stereocenters. The minimum atomic E-state index is -1.39. The molecule has 1 aromatic rings. The third-order valence-corrected chi connectivity index (χ3v) is 3.41. The molecule has 0 fully saturated rings. The van der Waals surface area contributed by atoms with Gasteiger partial charge < -0.3 is 10.0 Å². The molecular weight excluding hydrogens is 213 g/mol. The molecule has 0 aromatic heterocycles. The molecule has 0 amide bonds. The second-order valence-corrected chi connectivity index (χ2v) is 4.97. The maximum absolute atomic E-state index is 9.30. The van der Waals surface area contributed by atoms with E-state index >= 15 is 0 Å². The van der Waals surface area contributed by atoms with Crippen LogP contribution in [-0.4, -0.2) is 35.2 Å². The minimum Gasteiger partial charge on any atom is -0.423 e. The molecule has 0 heterocycles. The monoisotopic (exact) mass is 235 g/mol. The fraction of sp³-hybridized carbons (Fsp3) is 0.538. The summed E-state index contributed by atoms with van der Waals surface area (Å²) in [5.74, 6) is 0.575. The van der Waals surface area contributed by atoms with Crippen molar-refractivity contribution >= 4 is 12.6 Å². The summed E-state index contributed by atoms with van der Waals surface area (Å²) in [7, 11) is 0.666. The molecule has 0 aliphatic heterocycles. The van der Waals surface area contributed by atoms with Crippen molar-refractivity contribution in [1.29, 1.82) is 0 Å².